The van der Waals surface area contributed by atoms with Crippen LogP contribution in [0.15, 0.2) is 104 Å². The van der Waals surface area contributed by atoms with Crippen LogP contribution in [0.2, 0.25) is 0 Å². The first-order valence-corrected chi connectivity index (χ1v) is 15.2. The highest BCUT2D eigenvalue weighted by atomic mass is 16.1. The summed E-state index contributed by atoms with van der Waals surface area (Å²) in [5, 5.41) is 6.47. The largest absolute Gasteiger partial charge is 0.348 e. The molecule has 8 bridgehead atoms. The summed E-state index contributed by atoms with van der Waals surface area (Å²) in [4.78, 5) is 46.1. The number of aromatic amines is 1. The molecule has 47 heavy (non-hydrogen) atoms. The van der Waals surface area contributed by atoms with E-state index in [1.54, 1.807) is 0 Å². The molecule has 0 radical (unpaired) electrons. The fourth-order valence-corrected chi connectivity index (χ4v) is 6.44. The molecule has 10 nitrogen and oxygen atoms in total. The van der Waals surface area contributed by atoms with Gasteiger partial charge in [-0.2, -0.15) is 0 Å². The van der Waals surface area contributed by atoms with Crippen LogP contribution in [0.3, 0.4) is 0 Å². The Morgan fingerprint density at radius 3 is 1.70 bits per heavy atom. The van der Waals surface area contributed by atoms with Crippen molar-refractivity contribution in [1.29, 1.82) is 0 Å². The van der Waals surface area contributed by atoms with Crippen LogP contribution in [0, 0.1) is 0 Å². The molecule has 0 saturated carbocycles. The Labute approximate surface area is 267 Å². The van der Waals surface area contributed by atoms with Crippen molar-refractivity contribution in [3.05, 3.63) is 109 Å². The van der Waals surface area contributed by atoms with Crippen molar-refractivity contribution in [3.63, 3.8) is 0 Å². The lowest BCUT2D eigenvalue weighted by atomic mass is 10.1. The van der Waals surface area contributed by atoms with Gasteiger partial charge in [0, 0.05) is 57.4 Å². The number of hydrogen-bond donors (Lipinski definition) is 2. The number of aromatic nitrogens is 8. The van der Waals surface area contributed by atoms with Crippen molar-refractivity contribution >= 4 is 50.0 Å². The number of fused-ring (bicyclic) bond motifs is 20. The van der Waals surface area contributed by atoms with Crippen molar-refractivity contribution in [1.82, 2.24) is 44.8 Å². The van der Waals surface area contributed by atoms with Crippen molar-refractivity contribution in [2.75, 3.05) is 0 Å². The number of amides is 1. The SMILES string of the molecule is C=CC(=O)NCc1cccc2c3nc4nc(nc5c6ccccc6c(nc6nc(nc([nH]3)c12)-c1ccccc1-6)n5C)-c1ccccc1-4. The summed E-state index contributed by atoms with van der Waals surface area (Å²) in [6.07, 6.45) is 1.26. The Morgan fingerprint density at radius 1 is 0.660 bits per heavy atom. The monoisotopic (exact) mass is 611 g/mol. The molecule has 7 aromatic rings. The minimum absolute atomic E-state index is 0.263. The van der Waals surface area contributed by atoms with Gasteiger partial charge >= 0.3 is 0 Å². The lowest BCUT2D eigenvalue weighted by Crippen LogP contribution is -2.19. The van der Waals surface area contributed by atoms with Crippen molar-refractivity contribution in [2.24, 2.45) is 7.05 Å². The third-order valence-corrected chi connectivity index (χ3v) is 8.66. The summed E-state index contributed by atoms with van der Waals surface area (Å²) in [6.45, 7) is 3.86. The molecular weight excluding hydrogens is 586 g/mol. The quantitative estimate of drug-likeness (QED) is 0.213. The number of aryl methyl sites for hydroxylation is 1. The summed E-state index contributed by atoms with van der Waals surface area (Å²) in [5.74, 6) is 1.92. The van der Waals surface area contributed by atoms with E-state index in [-0.39, 0.29) is 12.5 Å². The average molecular weight is 612 g/mol. The van der Waals surface area contributed by atoms with Gasteiger partial charge in [-0.15, -0.1) is 0 Å². The number of nitrogens with zero attached hydrogens (tertiary/aromatic N) is 7. The zero-order valence-corrected chi connectivity index (χ0v) is 25.2. The molecule has 2 aliphatic heterocycles. The highest BCUT2D eigenvalue weighted by molar-refractivity contribution is 6.08. The Bertz CT molecular complexity index is 2650. The number of H-pyrrole nitrogens is 1. The van der Waals surface area contributed by atoms with Gasteiger partial charge in [0.1, 0.15) is 22.6 Å². The summed E-state index contributed by atoms with van der Waals surface area (Å²) in [5.41, 5.74) is 7.00. The molecule has 224 valence electrons. The van der Waals surface area contributed by atoms with Gasteiger partial charge in [0.2, 0.25) is 5.91 Å². The fourth-order valence-electron chi connectivity index (χ4n) is 6.44. The third kappa shape index (κ3) is 4.15. The Hall–Kier alpha value is -6.55. The van der Waals surface area contributed by atoms with Crippen LogP contribution < -0.4 is 5.32 Å². The highest BCUT2D eigenvalue weighted by Crippen LogP contribution is 2.37. The van der Waals surface area contributed by atoms with Crippen LogP contribution in [0.5, 0.6) is 0 Å². The lowest BCUT2D eigenvalue weighted by Gasteiger charge is -2.04. The van der Waals surface area contributed by atoms with Gasteiger partial charge in [-0.1, -0.05) is 97.6 Å². The van der Waals surface area contributed by atoms with Crippen LogP contribution >= 0.6 is 0 Å². The number of rotatable bonds is 3. The molecular formula is C37H25N9O. The minimum atomic E-state index is -0.263. The van der Waals surface area contributed by atoms with E-state index in [9.17, 15) is 4.79 Å². The maximum absolute atomic E-state index is 12.1. The smallest absolute Gasteiger partial charge is 0.243 e. The number of carbonyl (C=O) groups is 1. The number of benzene rings is 4. The molecule has 0 unspecified atom stereocenters. The standard InChI is InChI=1S/C37H25N9O/c1-3-28(47)38-19-20-11-10-18-27-29(20)35-42-31-22-13-5-7-15-24(22)33(40-31)45-37-26-17-9-8-16-25(26)36(46(37)2)44-32-23-14-6-4-12-21(23)30(39-32)41-34(27)43-35/h3-18H,1,19H2,2H3,(H,38,47)(H,39,40,41,42,43,44,45). The zero-order chi connectivity index (χ0) is 31.6. The molecule has 0 saturated heterocycles. The zero-order valence-electron chi connectivity index (χ0n) is 25.2. The molecule has 10 heteroatoms. The van der Waals surface area contributed by atoms with Gasteiger partial charge in [0.05, 0.1) is 0 Å². The molecule has 0 fully saturated rings. The Kier molecular flexibility index (Phi) is 5.85. The van der Waals surface area contributed by atoms with Gasteiger partial charge in [-0.05, 0) is 11.6 Å². The van der Waals surface area contributed by atoms with Gasteiger partial charge in [0.15, 0.2) is 23.3 Å². The van der Waals surface area contributed by atoms with Crippen LogP contribution in [0.25, 0.3) is 89.7 Å². The van der Waals surface area contributed by atoms with Gasteiger partial charge < -0.3 is 14.9 Å². The van der Waals surface area contributed by atoms with E-state index in [0.29, 0.717) is 34.6 Å². The van der Waals surface area contributed by atoms with Crippen LogP contribution in [-0.2, 0) is 18.4 Å². The average Bonchev–Trinajstić information content (AvgIpc) is 3.82. The van der Waals surface area contributed by atoms with Crippen molar-refractivity contribution in [2.45, 2.75) is 6.54 Å². The van der Waals surface area contributed by atoms with Gasteiger partial charge in [-0.3, -0.25) is 4.79 Å². The van der Waals surface area contributed by atoms with E-state index >= 15 is 0 Å². The number of carbonyl (C=O) groups excluding carboxylic acids is 1. The molecule has 0 atom stereocenters. The molecule has 2 aliphatic rings. The molecule has 2 N–H and O–H groups in total. The van der Waals surface area contributed by atoms with E-state index in [1.165, 1.54) is 6.08 Å². The lowest BCUT2D eigenvalue weighted by molar-refractivity contribution is -0.116. The maximum atomic E-state index is 12.1. The molecule has 4 aromatic carbocycles. The normalized spacial score (nSPS) is 11.8. The summed E-state index contributed by atoms with van der Waals surface area (Å²) < 4.78 is 1.99. The molecule has 5 heterocycles. The molecule has 9 rings (SSSR count). The second-order valence-corrected chi connectivity index (χ2v) is 11.4. The summed E-state index contributed by atoms with van der Waals surface area (Å²) >= 11 is 0. The minimum Gasteiger partial charge on any atom is -0.348 e. The first-order valence-electron chi connectivity index (χ1n) is 15.2. The Balaban J connectivity index is 1.47. The van der Waals surface area contributed by atoms with Crippen LogP contribution in [-0.4, -0.2) is 45.4 Å². The third-order valence-electron chi connectivity index (χ3n) is 8.66. The van der Waals surface area contributed by atoms with E-state index in [4.69, 9.17) is 29.9 Å². The van der Waals surface area contributed by atoms with Crippen LogP contribution in [0.1, 0.15) is 5.56 Å². The Morgan fingerprint density at radius 2 is 1.15 bits per heavy atom. The number of nitrogens with one attached hydrogen (secondary N) is 2. The van der Waals surface area contributed by atoms with Crippen molar-refractivity contribution < 1.29 is 4.79 Å². The maximum Gasteiger partial charge on any atom is 0.243 e. The van der Waals surface area contributed by atoms with Crippen LogP contribution in [0.4, 0.5) is 0 Å². The van der Waals surface area contributed by atoms with Crippen molar-refractivity contribution in [3.8, 4) is 45.6 Å². The molecule has 0 aliphatic carbocycles. The predicted octanol–water partition coefficient (Wildman–Crippen LogP) is 6.68. The first-order chi connectivity index (χ1) is 23.1. The molecule has 0 spiro atoms. The highest BCUT2D eigenvalue weighted by Gasteiger charge is 2.23. The molecule has 1 amide bonds. The van der Waals surface area contributed by atoms with Gasteiger partial charge in [0.25, 0.3) is 0 Å². The van der Waals surface area contributed by atoms with E-state index < -0.39 is 0 Å². The van der Waals surface area contributed by atoms with E-state index in [2.05, 4.69) is 22.9 Å². The first kappa shape index (κ1) is 26.8. The fraction of sp³-hybridized carbons (Fsp3) is 0.0541. The summed E-state index contributed by atoms with van der Waals surface area (Å²) in [6, 6.07) is 29.9. The van der Waals surface area contributed by atoms with Gasteiger partial charge in [-0.25, -0.2) is 29.9 Å². The second kappa shape index (κ2) is 10.2. The van der Waals surface area contributed by atoms with E-state index in [0.717, 1.165) is 60.7 Å². The molecule has 3 aromatic heterocycles. The summed E-state index contributed by atoms with van der Waals surface area (Å²) in [7, 11) is 1.97. The predicted molar refractivity (Wildman–Crippen MR) is 183 cm³/mol. The topological polar surface area (TPSA) is 127 Å². The second-order valence-electron chi connectivity index (χ2n) is 11.4. The van der Waals surface area contributed by atoms with E-state index in [1.807, 2.05) is 96.5 Å². The number of hydrogen-bond acceptors (Lipinski definition) is 7.